The molecule has 0 fully saturated rings. The Kier molecular flexibility index (Phi) is 3.87. The molecule has 2 aromatic rings. The van der Waals surface area contributed by atoms with Crippen molar-refractivity contribution in [1.29, 1.82) is 0 Å². The van der Waals surface area contributed by atoms with Crippen LogP contribution in [0.15, 0.2) is 23.4 Å². The molecule has 5 heteroatoms. The van der Waals surface area contributed by atoms with Gasteiger partial charge in [0.15, 0.2) is 5.78 Å². The summed E-state index contributed by atoms with van der Waals surface area (Å²) in [5.74, 6) is 1.30. The lowest BCUT2D eigenvalue weighted by atomic mass is 9.90. The maximum atomic E-state index is 12.2. The van der Waals surface area contributed by atoms with Crippen molar-refractivity contribution in [3.8, 4) is 0 Å². The van der Waals surface area contributed by atoms with Crippen LogP contribution in [0, 0.1) is 6.92 Å². The van der Waals surface area contributed by atoms with Crippen LogP contribution in [-0.2, 0) is 12.8 Å². The largest absolute Gasteiger partial charge is 0.293 e. The molecule has 0 spiro atoms. The molecule has 1 heterocycles. The van der Waals surface area contributed by atoms with Crippen LogP contribution < -0.4 is 0 Å². The van der Waals surface area contributed by atoms with Gasteiger partial charge < -0.3 is 0 Å². The van der Waals surface area contributed by atoms with Crippen molar-refractivity contribution in [2.24, 2.45) is 0 Å². The van der Waals surface area contributed by atoms with Crippen LogP contribution >= 0.6 is 11.8 Å². The summed E-state index contributed by atoms with van der Waals surface area (Å²) in [5, 5.41) is 7.44. The molecule has 0 saturated heterocycles. The second-order valence-electron chi connectivity index (χ2n) is 5.11. The van der Waals surface area contributed by atoms with Crippen molar-refractivity contribution >= 4 is 17.5 Å². The van der Waals surface area contributed by atoms with E-state index in [0.29, 0.717) is 10.9 Å². The van der Waals surface area contributed by atoms with Crippen LogP contribution in [0.3, 0.4) is 0 Å². The Labute approximate surface area is 122 Å². The number of carbonyl (C=O) groups excluding carboxylic acids is 1. The molecule has 0 radical (unpaired) electrons. The van der Waals surface area contributed by atoms with E-state index in [2.05, 4.69) is 27.3 Å². The number of fused-ring (bicyclic) bond motifs is 1. The SMILES string of the molecule is Cc1nc(SCC(=O)c2ccc3c(c2)CCCC3)n[nH]1. The lowest BCUT2D eigenvalue weighted by molar-refractivity contribution is 0.102. The molecule has 3 rings (SSSR count). The Morgan fingerprint density at radius 1 is 1.30 bits per heavy atom. The fraction of sp³-hybridized carbons (Fsp3) is 0.400. The number of H-pyrrole nitrogens is 1. The van der Waals surface area contributed by atoms with E-state index in [-0.39, 0.29) is 5.78 Å². The van der Waals surface area contributed by atoms with Crippen LogP contribution in [0.25, 0.3) is 0 Å². The van der Waals surface area contributed by atoms with Gasteiger partial charge in [0.25, 0.3) is 0 Å². The minimum atomic E-state index is 0.144. The van der Waals surface area contributed by atoms with E-state index < -0.39 is 0 Å². The topological polar surface area (TPSA) is 58.6 Å². The first kappa shape index (κ1) is 13.4. The number of benzene rings is 1. The molecule has 1 aliphatic rings. The zero-order valence-electron chi connectivity index (χ0n) is 11.5. The Morgan fingerprint density at radius 3 is 2.85 bits per heavy atom. The first-order valence-corrected chi connectivity index (χ1v) is 7.88. The standard InChI is InChI=1S/C15H17N3OS/c1-10-16-15(18-17-10)20-9-14(19)13-7-6-11-4-2-3-5-12(11)8-13/h6-8H,2-5,9H2,1H3,(H,16,17,18). The van der Waals surface area contributed by atoms with Gasteiger partial charge in [-0.3, -0.25) is 9.89 Å². The van der Waals surface area contributed by atoms with Gasteiger partial charge in [-0.15, -0.1) is 5.10 Å². The number of nitrogens with zero attached hydrogens (tertiary/aromatic N) is 2. The van der Waals surface area contributed by atoms with E-state index in [4.69, 9.17) is 0 Å². The highest BCUT2D eigenvalue weighted by molar-refractivity contribution is 7.99. The van der Waals surface area contributed by atoms with E-state index in [9.17, 15) is 4.79 Å². The number of hydrogen-bond donors (Lipinski definition) is 1. The molecular weight excluding hydrogens is 270 g/mol. The maximum Gasteiger partial charge on any atom is 0.208 e. The number of aromatic nitrogens is 3. The van der Waals surface area contributed by atoms with Crippen molar-refractivity contribution in [3.63, 3.8) is 0 Å². The molecule has 0 saturated carbocycles. The number of nitrogens with one attached hydrogen (secondary N) is 1. The lowest BCUT2D eigenvalue weighted by Crippen LogP contribution is -2.07. The van der Waals surface area contributed by atoms with Gasteiger partial charge in [0, 0.05) is 5.56 Å². The summed E-state index contributed by atoms with van der Waals surface area (Å²) in [6.45, 7) is 1.85. The van der Waals surface area contributed by atoms with E-state index in [1.54, 1.807) is 0 Å². The van der Waals surface area contributed by atoms with Gasteiger partial charge in [-0.2, -0.15) is 0 Å². The average molecular weight is 287 g/mol. The Hall–Kier alpha value is -1.62. The molecule has 0 amide bonds. The fourth-order valence-electron chi connectivity index (χ4n) is 2.51. The fourth-order valence-corrected chi connectivity index (χ4v) is 3.25. The van der Waals surface area contributed by atoms with E-state index in [1.165, 1.54) is 35.7 Å². The van der Waals surface area contributed by atoms with E-state index in [0.717, 1.165) is 24.2 Å². The number of carbonyl (C=O) groups is 1. The number of ketones is 1. The zero-order valence-corrected chi connectivity index (χ0v) is 12.3. The Morgan fingerprint density at radius 2 is 2.10 bits per heavy atom. The molecule has 0 bridgehead atoms. The summed E-state index contributed by atoms with van der Waals surface area (Å²) in [6, 6.07) is 6.14. The van der Waals surface area contributed by atoms with Crippen LogP contribution in [0.5, 0.6) is 0 Å². The van der Waals surface area contributed by atoms with E-state index >= 15 is 0 Å². The van der Waals surface area contributed by atoms with Gasteiger partial charge in [0.1, 0.15) is 5.82 Å². The number of aromatic amines is 1. The summed E-state index contributed by atoms with van der Waals surface area (Å²) >= 11 is 1.38. The molecule has 0 atom stereocenters. The van der Waals surface area contributed by atoms with Crippen molar-refractivity contribution in [1.82, 2.24) is 15.2 Å². The normalized spacial score (nSPS) is 14.1. The number of Topliss-reactive ketones (excluding diaryl/α,β-unsaturated/α-hetero) is 1. The number of thioether (sulfide) groups is 1. The molecule has 1 aromatic carbocycles. The van der Waals surface area contributed by atoms with Gasteiger partial charge in [-0.1, -0.05) is 23.9 Å². The average Bonchev–Trinajstić information content (AvgIpc) is 2.90. The second kappa shape index (κ2) is 5.79. The summed E-state index contributed by atoms with van der Waals surface area (Å²) in [6.07, 6.45) is 4.74. The third kappa shape index (κ3) is 2.93. The van der Waals surface area contributed by atoms with Crippen molar-refractivity contribution in [3.05, 3.63) is 40.7 Å². The maximum absolute atomic E-state index is 12.2. The summed E-state index contributed by atoms with van der Waals surface area (Å²) in [7, 11) is 0. The van der Waals surface area contributed by atoms with Crippen LogP contribution in [0.2, 0.25) is 0 Å². The Bertz CT molecular complexity index is 636. The van der Waals surface area contributed by atoms with Gasteiger partial charge in [0.2, 0.25) is 5.16 Å². The number of rotatable bonds is 4. The smallest absolute Gasteiger partial charge is 0.208 e. The number of hydrogen-bond acceptors (Lipinski definition) is 4. The summed E-state index contributed by atoms with van der Waals surface area (Å²) < 4.78 is 0. The van der Waals surface area contributed by atoms with Gasteiger partial charge in [-0.25, -0.2) is 4.98 Å². The molecule has 0 aliphatic heterocycles. The minimum absolute atomic E-state index is 0.144. The van der Waals surface area contributed by atoms with Crippen LogP contribution in [-0.4, -0.2) is 26.7 Å². The van der Waals surface area contributed by atoms with Crippen LogP contribution in [0.4, 0.5) is 0 Å². The highest BCUT2D eigenvalue weighted by atomic mass is 32.2. The second-order valence-corrected chi connectivity index (χ2v) is 6.05. The minimum Gasteiger partial charge on any atom is -0.293 e. The van der Waals surface area contributed by atoms with Crippen molar-refractivity contribution < 1.29 is 4.79 Å². The third-order valence-electron chi connectivity index (χ3n) is 3.58. The molecule has 1 N–H and O–H groups in total. The third-order valence-corrected chi connectivity index (χ3v) is 4.43. The Balaban J connectivity index is 1.67. The molecule has 1 aromatic heterocycles. The van der Waals surface area contributed by atoms with Crippen molar-refractivity contribution in [2.75, 3.05) is 5.75 Å². The van der Waals surface area contributed by atoms with Gasteiger partial charge in [0.05, 0.1) is 5.75 Å². The molecule has 104 valence electrons. The van der Waals surface area contributed by atoms with Gasteiger partial charge in [-0.05, 0) is 49.8 Å². The first-order chi connectivity index (χ1) is 9.72. The predicted octanol–water partition coefficient (Wildman–Crippen LogP) is 2.97. The monoisotopic (exact) mass is 287 g/mol. The highest BCUT2D eigenvalue weighted by Crippen LogP contribution is 2.23. The summed E-state index contributed by atoms with van der Waals surface area (Å²) in [5.41, 5.74) is 3.57. The zero-order chi connectivity index (χ0) is 13.9. The lowest BCUT2D eigenvalue weighted by Gasteiger charge is -2.16. The summed E-state index contributed by atoms with van der Waals surface area (Å²) in [4.78, 5) is 16.4. The van der Waals surface area contributed by atoms with Crippen molar-refractivity contribution in [2.45, 2.75) is 37.8 Å². The van der Waals surface area contributed by atoms with E-state index in [1.807, 2.05) is 13.0 Å². The quantitative estimate of drug-likeness (QED) is 0.694. The molecule has 20 heavy (non-hydrogen) atoms. The first-order valence-electron chi connectivity index (χ1n) is 6.89. The van der Waals surface area contributed by atoms with Crippen LogP contribution in [0.1, 0.15) is 40.2 Å². The molecule has 4 nitrogen and oxygen atoms in total. The number of aryl methyl sites for hydroxylation is 3. The highest BCUT2D eigenvalue weighted by Gasteiger charge is 2.13. The molecular formula is C15H17N3OS. The van der Waals surface area contributed by atoms with Gasteiger partial charge >= 0.3 is 0 Å². The molecule has 0 unspecified atom stereocenters. The predicted molar refractivity (Wildman–Crippen MR) is 79.3 cm³/mol. The molecule has 1 aliphatic carbocycles.